The summed E-state index contributed by atoms with van der Waals surface area (Å²) in [5, 5.41) is 3.64. The van der Waals surface area contributed by atoms with Crippen LogP contribution in [0.2, 0.25) is 0 Å². The molecule has 0 saturated heterocycles. The van der Waals surface area contributed by atoms with Crippen LogP contribution in [0.5, 0.6) is 5.75 Å². The summed E-state index contributed by atoms with van der Waals surface area (Å²) in [6.07, 6.45) is 2.21. The van der Waals surface area contributed by atoms with Gasteiger partial charge in [-0.05, 0) is 42.0 Å². The Morgan fingerprint density at radius 2 is 1.76 bits per heavy atom. The van der Waals surface area contributed by atoms with Gasteiger partial charge in [-0.15, -0.1) is 0 Å². The largest absolute Gasteiger partial charge is 0.493 e. The van der Waals surface area contributed by atoms with Crippen molar-refractivity contribution < 1.29 is 4.74 Å². The number of fused-ring (bicyclic) bond motifs is 1. The summed E-state index contributed by atoms with van der Waals surface area (Å²) in [5.41, 5.74) is 4.10. The van der Waals surface area contributed by atoms with Gasteiger partial charge in [0.05, 0.1) is 6.61 Å². The first-order chi connectivity index (χ1) is 10.2. The van der Waals surface area contributed by atoms with Gasteiger partial charge in [0.15, 0.2) is 0 Å². The van der Waals surface area contributed by atoms with Crippen LogP contribution in [0.15, 0.2) is 48.5 Å². The van der Waals surface area contributed by atoms with Crippen molar-refractivity contribution in [1.82, 2.24) is 0 Å². The molecule has 110 valence electrons. The predicted molar refractivity (Wildman–Crippen MR) is 88.0 cm³/mol. The molecule has 0 radical (unpaired) electrons. The third kappa shape index (κ3) is 3.57. The first-order valence-electron chi connectivity index (χ1n) is 7.77. The lowest BCUT2D eigenvalue weighted by atomic mass is 10.1. The summed E-state index contributed by atoms with van der Waals surface area (Å²) in [7, 11) is 0. The van der Waals surface area contributed by atoms with Gasteiger partial charge >= 0.3 is 0 Å². The number of hydrogen-bond donors (Lipinski definition) is 1. The van der Waals surface area contributed by atoms with E-state index in [9.17, 15) is 0 Å². The Balaban J connectivity index is 1.62. The molecular weight excluding hydrogens is 258 g/mol. The molecule has 0 spiro atoms. The van der Waals surface area contributed by atoms with Crippen LogP contribution in [0, 0.1) is 5.92 Å². The van der Waals surface area contributed by atoms with Crippen molar-refractivity contribution in [2.24, 2.45) is 5.92 Å². The Bertz CT molecular complexity index is 581. The van der Waals surface area contributed by atoms with Crippen molar-refractivity contribution in [2.75, 3.05) is 11.9 Å². The fourth-order valence-electron chi connectivity index (χ4n) is 2.84. The SMILES string of the molecule is CC(C)COc1cccc(NC2Cc3ccccc3C2)c1. The van der Waals surface area contributed by atoms with Gasteiger partial charge in [0.25, 0.3) is 0 Å². The Morgan fingerprint density at radius 1 is 1.05 bits per heavy atom. The molecule has 0 fully saturated rings. The molecular formula is C19H23NO. The van der Waals surface area contributed by atoms with Crippen molar-refractivity contribution in [3.05, 3.63) is 59.7 Å². The van der Waals surface area contributed by atoms with Crippen molar-refractivity contribution in [1.29, 1.82) is 0 Å². The zero-order chi connectivity index (χ0) is 14.7. The van der Waals surface area contributed by atoms with Gasteiger partial charge in [-0.25, -0.2) is 0 Å². The summed E-state index contributed by atoms with van der Waals surface area (Å²) in [4.78, 5) is 0. The molecule has 0 aromatic heterocycles. The van der Waals surface area contributed by atoms with E-state index in [1.807, 2.05) is 6.07 Å². The monoisotopic (exact) mass is 281 g/mol. The first-order valence-corrected chi connectivity index (χ1v) is 7.77. The second-order valence-electron chi connectivity index (χ2n) is 6.25. The summed E-state index contributed by atoms with van der Waals surface area (Å²) in [6, 6.07) is 17.5. The molecule has 2 heteroatoms. The molecule has 0 saturated carbocycles. The molecule has 3 rings (SSSR count). The van der Waals surface area contributed by atoms with E-state index in [1.165, 1.54) is 11.1 Å². The molecule has 0 heterocycles. The van der Waals surface area contributed by atoms with Crippen LogP contribution >= 0.6 is 0 Å². The van der Waals surface area contributed by atoms with E-state index in [0.717, 1.165) is 30.9 Å². The molecule has 0 aliphatic heterocycles. The van der Waals surface area contributed by atoms with Gasteiger partial charge in [0, 0.05) is 17.8 Å². The highest BCUT2D eigenvalue weighted by molar-refractivity contribution is 5.50. The average Bonchev–Trinajstić information content (AvgIpc) is 2.87. The topological polar surface area (TPSA) is 21.3 Å². The van der Waals surface area contributed by atoms with Crippen molar-refractivity contribution in [3.63, 3.8) is 0 Å². The van der Waals surface area contributed by atoms with Crippen molar-refractivity contribution in [3.8, 4) is 5.75 Å². The van der Waals surface area contributed by atoms with E-state index in [4.69, 9.17) is 4.74 Å². The molecule has 1 aliphatic carbocycles. The van der Waals surface area contributed by atoms with Crippen LogP contribution in [-0.2, 0) is 12.8 Å². The minimum Gasteiger partial charge on any atom is -0.493 e. The summed E-state index contributed by atoms with van der Waals surface area (Å²) in [5.74, 6) is 1.50. The molecule has 0 amide bonds. The maximum absolute atomic E-state index is 5.79. The van der Waals surface area contributed by atoms with Crippen LogP contribution in [0.1, 0.15) is 25.0 Å². The molecule has 0 unspecified atom stereocenters. The summed E-state index contributed by atoms with van der Waals surface area (Å²) in [6.45, 7) is 5.09. The lowest BCUT2D eigenvalue weighted by molar-refractivity contribution is 0.271. The van der Waals surface area contributed by atoms with Crippen LogP contribution < -0.4 is 10.1 Å². The molecule has 0 atom stereocenters. The second-order valence-corrected chi connectivity index (χ2v) is 6.25. The fourth-order valence-corrected chi connectivity index (χ4v) is 2.84. The number of hydrogen-bond acceptors (Lipinski definition) is 2. The highest BCUT2D eigenvalue weighted by Crippen LogP contribution is 2.26. The third-order valence-electron chi connectivity index (χ3n) is 3.84. The number of anilines is 1. The lowest BCUT2D eigenvalue weighted by Crippen LogP contribution is -2.19. The molecule has 0 bridgehead atoms. The van der Waals surface area contributed by atoms with E-state index in [2.05, 4.69) is 61.6 Å². The predicted octanol–water partition coefficient (Wildman–Crippen LogP) is 4.30. The van der Waals surface area contributed by atoms with Gasteiger partial charge in [-0.3, -0.25) is 0 Å². The average molecular weight is 281 g/mol. The van der Waals surface area contributed by atoms with Gasteiger partial charge < -0.3 is 10.1 Å². The van der Waals surface area contributed by atoms with E-state index in [0.29, 0.717) is 12.0 Å². The van der Waals surface area contributed by atoms with Gasteiger partial charge in [0.1, 0.15) is 5.75 Å². The molecule has 2 aromatic carbocycles. The Hall–Kier alpha value is -1.96. The third-order valence-corrected chi connectivity index (χ3v) is 3.84. The molecule has 2 aromatic rings. The number of ether oxygens (including phenoxy) is 1. The van der Waals surface area contributed by atoms with E-state index in [-0.39, 0.29) is 0 Å². The van der Waals surface area contributed by atoms with Crippen molar-refractivity contribution >= 4 is 5.69 Å². The van der Waals surface area contributed by atoms with E-state index < -0.39 is 0 Å². The van der Waals surface area contributed by atoms with Crippen LogP contribution in [0.4, 0.5) is 5.69 Å². The molecule has 1 aliphatic rings. The minimum absolute atomic E-state index is 0.489. The normalized spacial score (nSPS) is 14.2. The summed E-state index contributed by atoms with van der Waals surface area (Å²) < 4.78 is 5.79. The standard InChI is InChI=1S/C19H23NO/c1-14(2)13-21-19-9-5-8-17(12-19)20-18-10-15-6-3-4-7-16(15)11-18/h3-9,12,14,18,20H,10-11,13H2,1-2H3. The maximum Gasteiger partial charge on any atom is 0.121 e. The van der Waals surface area contributed by atoms with Crippen LogP contribution in [-0.4, -0.2) is 12.6 Å². The molecule has 1 N–H and O–H groups in total. The number of rotatable bonds is 5. The van der Waals surface area contributed by atoms with Crippen molar-refractivity contribution in [2.45, 2.75) is 32.7 Å². The Kier molecular flexibility index (Phi) is 4.14. The Morgan fingerprint density at radius 3 is 2.43 bits per heavy atom. The number of nitrogens with one attached hydrogen (secondary N) is 1. The Labute approximate surface area is 127 Å². The van der Waals surface area contributed by atoms with Crippen LogP contribution in [0.3, 0.4) is 0 Å². The zero-order valence-corrected chi connectivity index (χ0v) is 12.8. The highest BCUT2D eigenvalue weighted by atomic mass is 16.5. The van der Waals surface area contributed by atoms with Gasteiger partial charge in [-0.2, -0.15) is 0 Å². The second kappa shape index (κ2) is 6.21. The number of benzene rings is 2. The molecule has 2 nitrogen and oxygen atoms in total. The fraction of sp³-hybridized carbons (Fsp3) is 0.368. The van der Waals surface area contributed by atoms with E-state index >= 15 is 0 Å². The summed E-state index contributed by atoms with van der Waals surface area (Å²) >= 11 is 0. The smallest absolute Gasteiger partial charge is 0.121 e. The maximum atomic E-state index is 5.79. The van der Waals surface area contributed by atoms with E-state index in [1.54, 1.807) is 0 Å². The molecule has 21 heavy (non-hydrogen) atoms. The first kappa shape index (κ1) is 14.0. The van der Waals surface area contributed by atoms with Gasteiger partial charge in [0.2, 0.25) is 0 Å². The van der Waals surface area contributed by atoms with Crippen LogP contribution in [0.25, 0.3) is 0 Å². The quantitative estimate of drug-likeness (QED) is 0.882. The lowest BCUT2D eigenvalue weighted by Gasteiger charge is -2.15. The highest BCUT2D eigenvalue weighted by Gasteiger charge is 2.20. The minimum atomic E-state index is 0.489. The van der Waals surface area contributed by atoms with Gasteiger partial charge in [-0.1, -0.05) is 44.2 Å². The zero-order valence-electron chi connectivity index (χ0n) is 12.8.